The molecule has 0 atom stereocenters. The van der Waals surface area contributed by atoms with Gasteiger partial charge in [-0.15, -0.1) is 0 Å². The zero-order chi connectivity index (χ0) is 20.1. The van der Waals surface area contributed by atoms with Gasteiger partial charge in [-0.2, -0.15) is 5.26 Å². The van der Waals surface area contributed by atoms with Crippen LogP contribution in [0.4, 0.5) is 17.2 Å². The van der Waals surface area contributed by atoms with Crippen LogP contribution in [0, 0.1) is 11.3 Å². The van der Waals surface area contributed by atoms with Crippen LogP contribution in [-0.2, 0) is 5.41 Å². The Morgan fingerprint density at radius 3 is 2.36 bits per heavy atom. The first kappa shape index (κ1) is 19.1. The Hall–Kier alpha value is -3.72. The van der Waals surface area contributed by atoms with Crippen LogP contribution in [0.15, 0.2) is 60.9 Å². The van der Waals surface area contributed by atoms with Crippen LogP contribution < -0.4 is 10.6 Å². The highest BCUT2D eigenvalue weighted by Gasteiger charge is 2.13. The Morgan fingerprint density at radius 1 is 1.00 bits per heavy atom. The monoisotopic (exact) mass is 371 g/mol. The van der Waals surface area contributed by atoms with Crippen LogP contribution in [0.1, 0.15) is 42.4 Å². The first-order valence-electron chi connectivity index (χ1n) is 8.86. The Kier molecular flexibility index (Phi) is 5.37. The minimum atomic E-state index is -0.385. The van der Waals surface area contributed by atoms with E-state index in [1.54, 1.807) is 24.3 Å². The molecule has 1 amide bonds. The van der Waals surface area contributed by atoms with Gasteiger partial charge in [-0.1, -0.05) is 39.0 Å². The second-order valence-electron chi connectivity index (χ2n) is 7.39. The van der Waals surface area contributed by atoms with Crippen LogP contribution in [-0.4, -0.2) is 15.9 Å². The quantitative estimate of drug-likeness (QED) is 0.697. The van der Waals surface area contributed by atoms with Gasteiger partial charge in [0.1, 0.15) is 11.5 Å². The van der Waals surface area contributed by atoms with Crippen LogP contribution in [0.2, 0.25) is 0 Å². The minimum absolute atomic E-state index is 0.0973. The van der Waals surface area contributed by atoms with Gasteiger partial charge in [-0.3, -0.25) is 4.79 Å². The van der Waals surface area contributed by atoms with E-state index in [0.717, 1.165) is 5.69 Å². The molecule has 0 aliphatic heterocycles. The number of amides is 1. The van der Waals surface area contributed by atoms with Gasteiger partial charge < -0.3 is 10.6 Å². The number of benzene rings is 2. The second-order valence-corrected chi connectivity index (χ2v) is 7.39. The molecule has 28 heavy (non-hydrogen) atoms. The highest BCUT2D eigenvalue weighted by atomic mass is 16.1. The molecule has 0 saturated carbocycles. The van der Waals surface area contributed by atoms with Crippen molar-refractivity contribution >= 4 is 23.1 Å². The van der Waals surface area contributed by atoms with Crippen molar-refractivity contribution in [2.45, 2.75) is 26.2 Å². The molecule has 0 aliphatic rings. The number of carbonyl (C=O) groups is 1. The number of nitriles is 1. The van der Waals surface area contributed by atoms with Gasteiger partial charge in [0.15, 0.2) is 0 Å². The smallest absolute Gasteiger partial charge is 0.275 e. The molecule has 140 valence electrons. The lowest BCUT2D eigenvalue weighted by atomic mass is 9.87. The lowest BCUT2D eigenvalue weighted by molar-refractivity contribution is 0.102. The average molecular weight is 371 g/mol. The van der Waals surface area contributed by atoms with Gasteiger partial charge in [-0.25, -0.2) is 9.97 Å². The predicted molar refractivity (Wildman–Crippen MR) is 110 cm³/mol. The van der Waals surface area contributed by atoms with Gasteiger partial charge in [-0.05, 0) is 41.3 Å². The van der Waals surface area contributed by atoms with Crippen LogP contribution in [0.25, 0.3) is 0 Å². The second kappa shape index (κ2) is 7.89. The molecule has 2 N–H and O–H groups in total. The Bertz CT molecular complexity index is 1010. The zero-order valence-electron chi connectivity index (χ0n) is 16.0. The summed E-state index contributed by atoms with van der Waals surface area (Å²) in [5.41, 5.74) is 3.44. The summed E-state index contributed by atoms with van der Waals surface area (Å²) in [7, 11) is 0. The van der Waals surface area contributed by atoms with Crippen molar-refractivity contribution in [3.8, 4) is 6.07 Å². The molecule has 0 fully saturated rings. The molecule has 1 heterocycles. The summed E-state index contributed by atoms with van der Waals surface area (Å²) < 4.78 is 0. The van der Waals surface area contributed by atoms with Crippen LogP contribution in [0.3, 0.4) is 0 Å². The molecule has 0 radical (unpaired) electrons. The summed E-state index contributed by atoms with van der Waals surface area (Å²) in [6.07, 6.45) is 2.92. The summed E-state index contributed by atoms with van der Waals surface area (Å²) in [5.74, 6) is 0.162. The molecule has 6 heteroatoms. The molecule has 0 aliphatic carbocycles. The summed E-state index contributed by atoms with van der Waals surface area (Å²) in [5, 5.41) is 14.8. The van der Waals surface area contributed by atoms with E-state index in [9.17, 15) is 4.79 Å². The summed E-state index contributed by atoms with van der Waals surface area (Å²) >= 11 is 0. The summed E-state index contributed by atoms with van der Waals surface area (Å²) in [4.78, 5) is 20.7. The van der Waals surface area contributed by atoms with Gasteiger partial charge in [0, 0.05) is 11.4 Å². The van der Waals surface area contributed by atoms with E-state index in [2.05, 4.69) is 53.5 Å². The molecular weight excluding hydrogens is 350 g/mol. The highest BCUT2D eigenvalue weighted by molar-refractivity contribution is 6.02. The third kappa shape index (κ3) is 4.71. The van der Waals surface area contributed by atoms with Crippen molar-refractivity contribution in [3.63, 3.8) is 0 Å². The molecular formula is C22H21N5O. The van der Waals surface area contributed by atoms with Crippen molar-refractivity contribution in [1.29, 1.82) is 5.26 Å². The van der Waals surface area contributed by atoms with Gasteiger partial charge >= 0.3 is 0 Å². The molecule has 0 bridgehead atoms. The van der Waals surface area contributed by atoms with Gasteiger partial charge in [0.2, 0.25) is 0 Å². The lowest BCUT2D eigenvalue weighted by Gasteiger charge is -2.19. The van der Waals surface area contributed by atoms with E-state index in [1.165, 1.54) is 18.0 Å². The third-order valence-electron chi connectivity index (χ3n) is 4.16. The van der Waals surface area contributed by atoms with Crippen molar-refractivity contribution < 1.29 is 4.79 Å². The fraction of sp³-hybridized carbons (Fsp3) is 0.182. The van der Waals surface area contributed by atoms with E-state index in [0.29, 0.717) is 17.1 Å². The van der Waals surface area contributed by atoms with E-state index in [4.69, 9.17) is 5.26 Å². The molecule has 0 spiro atoms. The maximum atomic E-state index is 12.3. The topological polar surface area (TPSA) is 90.7 Å². The SMILES string of the molecule is CC(C)(C)c1ccc(Nc2cnc(C(=O)Nc3cccc(C#N)c3)cn2)cc1. The largest absolute Gasteiger partial charge is 0.339 e. The number of hydrogen-bond acceptors (Lipinski definition) is 5. The van der Waals surface area contributed by atoms with Gasteiger partial charge in [0.25, 0.3) is 5.91 Å². The Balaban J connectivity index is 1.66. The number of nitrogens with zero attached hydrogens (tertiary/aromatic N) is 3. The fourth-order valence-corrected chi connectivity index (χ4v) is 2.57. The summed E-state index contributed by atoms with van der Waals surface area (Å²) in [6.45, 7) is 6.50. The predicted octanol–water partition coefficient (Wildman–Crippen LogP) is 4.64. The van der Waals surface area contributed by atoms with Crippen molar-refractivity contribution in [1.82, 2.24) is 9.97 Å². The first-order chi connectivity index (χ1) is 13.3. The van der Waals surface area contributed by atoms with E-state index < -0.39 is 0 Å². The third-order valence-corrected chi connectivity index (χ3v) is 4.16. The van der Waals surface area contributed by atoms with Crippen LogP contribution in [0.5, 0.6) is 0 Å². The summed E-state index contributed by atoms with van der Waals surface area (Å²) in [6, 6.07) is 16.9. The number of aromatic nitrogens is 2. The number of nitrogens with one attached hydrogen (secondary N) is 2. The average Bonchev–Trinajstić information content (AvgIpc) is 2.68. The number of carbonyl (C=O) groups excluding carboxylic acids is 1. The number of anilines is 3. The minimum Gasteiger partial charge on any atom is -0.339 e. The lowest BCUT2D eigenvalue weighted by Crippen LogP contribution is -2.14. The normalized spacial score (nSPS) is 10.8. The molecule has 1 aromatic heterocycles. The standard InChI is InChI=1S/C22H21N5O/c1-22(2,3)16-7-9-17(10-8-16)26-20-14-24-19(13-25-20)21(28)27-18-6-4-5-15(11-18)12-23/h4-11,13-14H,1-3H3,(H,25,26)(H,27,28). The molecule has 2 aromatic carbocycles. The molecule has 3 rings (SSSR count). The van der Waals surface area contributed by atoms with Gasteiger partial charge in [0.05, 0.1) is 24.0 Å². The zero-order valence-corrected chi connectivity index (χ0v) is 16.0. The van der Waals surface area contributed by atoms with Crippen molar-refractivity contribution in [2.75, 3.05) is 10.6 Å². The van der Waals surface area contributed by atoms with Crippen molar-refractivity contribution in [3.05, 3.63) is 77.7 Å². The molecule has 0 unspecified atom stereocenters. The number of hydrogen-bond donors (Lipinski definition) is 2. The maximum Gasteiger partial charge on any atom is 0.275 e. The first-order valence-corrected chi connectivity index (χ1v) is 8.86. The number of rotatable bonds is 4. The highest BCUT2D eigenvalue weighted by Crippen LogP contribution is 2.24. The van der Waals surface area contributed by atoms with E-state index >= 15 is 0 Å². The molecule has 6 nitrogen and oxygen atoms in total. The van der Waals surface area contributed by atoms with E-state index in [-0.39, 0.29) is 17.0 Å². The fourth-order valence-electron chi connectivity index (χ4n) is 2.57. The molecule has 0 saturated heterocycles. The molecule has 3 aromatic rings. The Labute approximate surface area is 164 Å². The van der Waals surface area contributed by atoms with Crippen molar-refractivity contribution in [2.24, 2.45) is 0 Å². The Morgan fingerprint density at radius 2 is 1.75 bits per heavy atom. The maximum absolute atomic E-state index is 12.3. The van der Waals surface area contributed by atoms with Crippen LogP contribution >= 0.6 is 0 Å². The van der Waals surface area contributed by atoms with E-state index in [1.807, 2.05) is 18.2 Å².